The molecular formula is C18H11F5N4O2S. The number of aromatic nitrogens is 3. The number of hydrogen-bond acceptors (Lipinski definition) is 6. The Hall–Kier alpha value is -3.28. The van der Waals surface area contributed by atoms with Gasteiger partial charge < -0.3 is 10.5 Å². The standard InChI is InChI=1S/C18H11F5N4O2S/c19-4-7-3-10(29-17(28)18(21,22)23)8(5-20)14-9-6-25-27-16(9)26-15(13(7)14)11-1-2-12(24)30-11/h1-3,6H,4-5,24H2,(H,25,26,27). The third kappa shape index (κ3) is 3.22. The van der Waals surface area contributed by atoms with Crippen LogP contribution in [0.25, 0.3) is 32.4 Å². The monoisotopic (exact) mass is 442 g/mol. The summed E-state index contributed by atoms with van der Waals surface area (Å²) in [5, 5.41) is 7.37. The van der Waals surface area contributed by atoms with Crippen LogP contribution in [0.2, 0.25) is 0 Å². The number of benzene rings is 1. The number of hydrogen-bond donors (Lipinski definition) is 2. The summed E-state index contributed by atoms with van der Waals surface area (Å²) in [6, 6.07) is 4.13. The molecule has 0 unspecified atom stereocenters. The molecule has 0 aliphatic heterocycles. The summed E-state index contributed by atoms with van der Waals surface area (Å²) in [5.41, 5.74) is 5.75. The second-order valence-electron chi connectivity index (χ2n) is 6.21. The number of rotatable bonds is 4. The van der Waals surface area contributed by atoms with Gasteiger partial charge in [0.15, 0.2) is 5.65 Å². The molecule has 3 heterocycles. The Bertz CT molecular complexity index is 1280. The number of nitrogens with two attached hydrogens (primary N) is 1. The molecule has 4 rings (SSSR count). The highest BCUT2D eigenvalue weighted by atomic mass is 32.1. The predicted molar refractivity (Wildman–Crippen MR) is 100 cm³/mol. The van der Waals surface area contributed by atoms with Crippen molar-refractivity contribution < 1.29 is 31.5 Å². The van der Waals surface area contributed by atoms with Crippen LogP contribution in [0.15, 0.2) is 24.4 Å². The molecule has 3 aromatic heterocycles. The van der Waals surface area contributed by atoms with Crippen LogP contribution in [0, 0.1) is 0 Å². The Kier molecular flexibility index (Phi) is 4.80. The molecule has 0 amide bonds. The minimum absolute atomic E-state index is 0.0540. The van der Waals surface area contributed by atoms with Gasteiger partial charge in [-0.3, -0.25) is 5.10 Å². The SMILES string of the molecule is Nc1ccc(-c2nc3[nH]ncc3c3c(CF)c(OC(=O)C(F)(F)F)cc(CF)c23)s1. The van der Waals surface area contributed by atoms with E-state index in [1.165, 1.54) is 6.20 Å². The van der Waals surface area contributed by atoms with Crippen molar-refractivity contribution in [2.75, 3.05) is 5.73 Å². The summed E-state index contributed by atoms with van der Waals surface area (Å²) >= 11 is 1.15. The number of aromatic amines is 1. The molecule has 0 fully saturated rings. The van der Waals surface area contributed by atoms with Gasteiger partial charge in [0.1, 0.15) is 19.1 Å². The number of esters is 1. The number of alkyl halides is 5. The first kappa shape index (κ1) is 20.0. The normalized spacial score (nSPS) is 12.0. The van der Waals surface area contributed by atoms with Crippen molar-refractivity contribution in [2.45, 2.75) is 19.5 Å². The molecule has 0 spiro atoms. The van der Waals surface area contributed by atoms with Crippen molar-refractivity contribution in [3.63, 3.8) is 0 Å². The van der Waals surface area contributed by atoms with Crippen molar-refractivity contribution in [3.05, 3.63) is 35.5 Å². The lowest BCUT2D eigenvalue weighted by molar-refractivity contribution is -0.189. The van der Waals surface area contributed by atoms with E-state index < -0.39 is 31.2 Å². The van der Waals surface area contributed by atoms with Crippen LogP contribution in [-0.2, 0) is 18.1 Å². The van der Waals surface area contributed by atoms with Gasteiger partial charge in [-0.25, -0.2) is 18.6 Å². The third-order valence-corrected chi connectivity index (χ3v) is 5.32. The molecule has 0 aliphatic rings. The first-order valence-corrected chi connectivity index (χ1v) is 9.14. The molecule has 1 aromatic carbocycles. The number of thiophene rings is 1. The lowest BCUT2D eigenvalue weighted by Gasteiger charge is -2.17. The fourth-order valence-electron chi connectivity index (χ4n) is 3.18. The van der Waals surface area contributed by atoms with Gasteiger partial charge in [0, 0.05) is 21.7 Å². The van der Waals surface area contributed by atoms with Crippen LogP contribution in [0.4, 0.5) is 27.0 Å². The average molecular weight is 442 g/mol. The van der Waals surface area contributed by atoms with Gasteiger partial charge in [0.2, 0.25) is 0 Å². The largest absolute Gasteiger partial charge is 0.491 e. The van der Waals surface area contributed by atoms with Crippen LogP contribution in [0.5, 0.6) is 5.75 Å². The van der Waals surface area contributed by atoms with E-state index in [9.17, 15) is 26.7 Å². The molecule has 156 valence electrons. The summed E-state index contributed by atoms with van der Waals surface area (Å²) in [6.07, 6.45) is -4.02. The topological polar surface area (TPSA) is 93.9 Å². The number of carbonyl (C=O) groups excluding carboxylic acids is 1. The van der Waals surface area contributed by atoms with Crippen molar-refractivity contribution >= 4 is 44.1 Å². The first-order chi connectivity index (χ1) is 14.2. The average Bonchev–Trinajstić information content (AvgIpc) is 3.34. The Morgan fingerprint density at radius 3 is 2.57 bits per heavy atom. The highest BCUT2D eigenvalue weighted by Gasteiger charge is 2.42. The van der Waals surface area contributed by atoms with Crippen molar-refractivity contribution in [1.29, 1.82) is 0 Å². The Balaban J connectivity index is 2.10. The third-order valence-electron chi connectivity index (χ3n) is 4.40. The molecule has 12 heteroatoms. The summed E-state index contributed by atoms with van der Waals surface area (Å²) < 4.78 is 70.4. The number of carbonyl (C=O) groups is 1. The molecule has 0 bridgehead atoms. The van der Waals surface area contributed by atoms with Crippen LogP contribution in [0.3, 0.4) is 0 Å². The predicted octanol–water partition coefficient (Wildman–Crippen LogP) is 4.83. The molecule has 0 saturated heterocycles. The van der Waals surface area contributed by atoms with Crippen molar-refractivity contribution in [1.82, 2.24) is 15.2 Å². The van der Waals surface area contributed by atoms with Crippen LogP contribution < -0.4 is 10.5 Å². The lowest BCUT2D eigenvalue weighted by Crippen LogP contribution is -2.28. The van der Waals surface area contributed by atoms with Gasteiger partial charge in [-0.2, -0.15) is 18.3 Å². The van der Waals surface area contributed by atoms with Gasteiger partial charge in [0.05, 0.1) is 21.8 Å². The zero-order valence-electron chi connectivity index (χ0n) is 14.8. The number of fused-ring (bicyclic) bond motifs is 3. The van der Waals surface area contributed by atoms with Crippen LogP contribution in [0.1, 0.15) is 11.1 Å². The van der Waals surface area contributed by atoms with E-state index in [1.807, 2.05) is 0 Å². The summed E-state index contributed by atoms with van der Waals surface area (Å²) in [6.45, 7) is -2.40. The second-order valence-corrected chi connectivity index (χ2v) is 7.33. The number of nitrogens with zero attached hydrogens (tertiary/aromatic N) is 2. The molecule has 0 aliphatic carbocycles. The zero-order chi connectivity index (χ0) is 21.6. The smallest absolute Gasteiger partial charge is 0.419 e. The molecule has 4 aromatic rings. The number of pyridine rings is 1. The number of H-pyrrole nitrogens is 1. The van der Waals surface area contributed by atoms with Gasteiger partial charge in [0.25, 0.3) is 0 Å². The maximum absolute atomic E-state index is 14.0. The fourth-order valence-corrected chi connectivity index (χ4v) is 3.95. The fraction of sp³-hybridized carbons (Fsp3) is 0.167. The Labute approximate surface area is 168 Å². The number of anilines is 1. The molecule has 0 atom stereocenters. The van der Waals surface area contributed by atoms with Gasteiger partial charge in [-0.1, -0.05) is 0 Å². The number of ether oxygens (including phenoxy) is 1. The van der Waals surface area contributed by atoms with E-state index >= 15 is 0 Å². The first-order valence-electron chi connectivity index (χ1n) is 8.32. The van der Waals surface area contributed by atoms with Crippen LogP contribution >= 0.6 is 11.3 Å². The molecule has 0 saturated carbocycles. The minimum atomic E-state index is -5.30. The summed E-state index contributed by atoms with van der Waals surface area (Å²) in [7, 11) is 0. The molecule has 30 heavy (non-hydrogen) atoms. The van der Waals surface area contributed by atoms with E-state index in [-0.39, 0.29) is 38.6 Å². The highest BCUT2D eigenvalue weighted by Crippen LogP contribution is 2.43. The quantitative estimate of drug-likeness (QED) is 0.268. The number of nitrogen functional groups attached to an aromatic ring is 1. The molecule has 3 N–H and O–H groups in total. The second kappa shape index (κ2) is 7.20. The molecule has 0 radical (unpaired) electrons. The molecule has 6 nitrogen and oxygen atoms in total. The van der Waals surface area contributed by atoms with E-state index in [1.54, 1.807) is 12.1 Å². The number of nitrogens with one attached hydrogen (secondary N) is 1. The van der Waals surface area contributed by atoms with Crippen molar-refractivity contribution in [2.24, 2.45) is 0 Å². The lowest BCUT2D eigenvalue weighted by atomic mass is 9.96. The Morgan fingerprint density at radius 2 is 1.97 bits per heavy atom. The highest BCUT2D eigenvalue weighted by molar-refractivity contribution is 7.19. The van der Waals surface area contributed by atoms with E-state index in [0.29, 0.717) is 9.88 Å². The maximum Gasteiger partial charge on any atom is 0.491 e. The zero-order valence-corrected chi connectivity index (χ0v) is 15.6. The van der Waals surface area contributed by atoms with E-state index in [4.69, 9.17) is 5.73 Å². The van der Waals surface area contributed by atoms with Gasteiger partial charge in [-0.05, 0) is 23.8 Å². The minimum Gasteiger partial charge on any atom is -0.419 e. The van der Waals surface area contributed by atoms with Crippen LogP contribution in [-0.4, -0.2) is 27.3 Å². The van der Waals surface area contributed by atoms with E-state index in [2.05, 4.69) is 19.9 Å². The molecular weight excluding hydrogens is 431 g/mol. The number of halogens is 5. The van der Waals surface area contributed by atoms with E-state index in [0.717, 1.165) is 17.4 Å². The van der Waals surface area contributed by atoms with Crippen molar-refractivity contribution in [3.8, 4) is 16.3 Å². The summed E-state index contributed by atoms with van der Waals surface area (Å²) in [5.74, 6) is -3.25. The Morgan fingerprint density at radius 1 is 1.20 bits per heavy atom. The van der Waals surface area contributed by atoms with Gasteiger partial charge in [-0.15, -0.1) is 11.3 Å². The maximum atomic E-state index is 14.0. The van der Waals surface area contributed by atoms with Gasteiger partial charge >= 0.3 is 12.1 Å². The summed E-state index contributed by atoms with van der Waals surface area (Å²) in [4.78, 5) is 16.3.